The molecular weight excluding hydrogens is 215 g/mol. The molecule has 0 N–H and O–H groups in total. The van der Waals surface area contributed by atoms with E-state index in [9.17, 15) is 0 Å². The van der Waals surface area contributed by atoms with Crippen molar-refractivity contribution in [1.29, 1.82) is 0 Å². The van der Waals surface area contributed by atoms with Crippen molar-refractivity contribution in [2.45, 2.75) is 12.6 Å². The molecule has 2 atom stereocenters. The van der Waals surface area contributed by atoms with Crippen LogP contribution in [0.5, 0.6) is 0 Å². The van der Waals surface area contributed by atoms with Gasteiger partial charge in [0.25, 0.3) is 0 Å². The van der Waals surface area contributed by atoms with E-state index in [1.807, 2.05) is 19.1 Å². The van der Waals surface area contributed by atoms with Crippen LogP contribution in [0.15, 0.2) is 37.5 Å². The molecule has 0 aliphatic heterocycles. The van der Waals surface area contributed by atoms with Crippen LogP contribution in [0.25, 0.3) is 0 Å². The maximum absolute atomic E-state index is 5.59. The first-order valence-corrected chi connectivity index (χ1v) is 5.60. The van der Waals surface area contributed by atoms with Gasteiger partial charge in [-0.2, -0.15) is 0 Å². The van der Waals surface area contributed by atoms with Crippen molar-refractivity contribution < 1.29 is 4.74 Å². The Morgan fingerprint density at radius 3 is 2.57 bits per heavy atom. The lowest BCUT2D eigenvalue weighted by Crippen LogP contribution is -2.10. The number of hydrogen-bond donors (Lipinski definition) is 0. The summed E-state index contributed by atoms with van der Waals surface area (Å²) in [4.78, 5) is 0. The second-order valence-electron chi connectivity index (χ2n) is 2.59. The second kappa shape index (κ2) is 12.9. The Balaban J connectivity index is 0. The lowest BCUT2D eigenvalue weighted by atomic mass is 10.3. The number of rotatable bonds is 6. The molecule has 0 aromatic rings. The Morgan fingerprint density at radius 2 is 2.14 bits per heavy atom. The maximum atomic E-state index is 5.59. The van der Waals surface area contributed by atoms with Gasteiger partial charge in [-0.3, -0.25) is 0 Å². The molecule has 0 saturated heterocycles. The van der Waals surface area contributed by atoms with Crippen molar-refractivity contribution in [3.63, 3.8) is 0 Å². The van der Waals surface area contributed by atoms with Gasteiger partial charge in [-0.05, 0) is 12.5 Å². The zero-order valence-corrected chi connectivity index (χ0v) is 10.7. The number of ether oxygens (including phenoxy) is 1. The summed E-state index contributed by atoms with van der Waals surface area (Å²) in [5.41, 5.74) is 1.33. The van der Waals surface area contributed by atoms with E-state index in [2.05, 4.69) is 29.0 Å². The average molecular weight is 235 g/mol. The number of allylic oxidation sites excluding steroid dienone is 1. The fourth-order valence-electron chi connectivity index (χ4n) is 0.670. The highest BCUT2D eigenvalue weighted by Gasteiger charge is 1.99. The molecule has 0 spiro atoms. The van der Waals surface area contributed by atoms with Crippen LogP contribution in [-0.4, -0.2) is 24.8 Å². The highest BCUT2D eigenvalue weighted by Crippen LogP contribution is 2.03. The molecule has 0 fully saturated rings. The Kier molecular flexibility index (Phi) is 15.1. The molecule has 14 heavy (non-hydrogen) atoms. The van der Waals surface area contributed by atoms with Crippen molar-refractivity contribution in [3.05, 3.63) is 37.5 Å². The molecule has 0 aliphatic carbocycles. The molecule has 82 valence electrons. The van der Waals surface area contributed by atoms with E-state index in [0.717, 1.165) is 5.57 Å². The van der Waals surface area contributed by atoms with Gasteiger partial charge >= 0.3 is 0 Å². The van der Waals surface area contributed by atoms with Gasteiger partial charge in [-0.1, -0.05) is 18.7 Å². The van der Waals surface area contributed by atoms with Gasteiger partial charge in [0.15, 0.2) is 0 Å². The second-order valence-corrected chi connectivity index (χ2v) is 3.84. The summed E-state index contributed by atoms with van der Waals surface area (Å²) >= 11 is 5.59. The van der Waals surface area contributed by atoms with E-state index >= 15 is 0 Å². The first-order chi connectivity index (χ1) is 6.70. The molecule has 1 nitrogen and oxygen atoms in total. The van der Waals surface area contributed by atoms with Gasteiger partial charge in [0.1, 0.15) is 0 Å². The summed E-state index contributed by atoms with van der Waals surface area (Å²) in [6.45, 7) is 13.0. The van der Waals surface area contributed by atoms with Crippen LogP contribution in [0, 0.1) is 0 Å². The number of alkyl halides is 1. The Morgan fingerprint density at radius 1 is 1.57 bits per heavy atom. The number of hydrogen-bond acceptors (Lipinski definition) is 1. The molecule has 0 saturated carbocycles. The average Bonchev–Trinajstić information content (AvgIpc) is 2.21. The topological polar surface area (TPSA) is 9.23 Å². The lowest BCUT2D eigenvalue weighted by Gasteiger charge is -2.07. The summed E-state index contributed by atoms with van der Waals surface area (Å²) in [5.74, 6) is 0.612. The first-order valence-electron chi connectivity index (χ1n) is 4.40. The predicted molar refractivity (Wildman–Crippen MR) is 70.2 cm³/mol. The zero-order valence-electron chi connectivity index (χ0n) is 8.84. The van der Waals surface area contributed by atoms with Gasteiger partial charge in [-0.25, -0.2) is 0 Å². The van der Waals surface area contributed by atoms with Gasteiger partial charge in [0.2, 0.25) is 0 Å². The Labute approximate surface area is 95.1 Å². The van der Waals surface area contributed by atoms with E-state index < -0.39 is 0 Å². The molecule has 0 aromatic carbocycles. The van der Waals surface area contributed by atoms with Crippen LogP contribution in [0.4, 0.5) is 0 Å². The quantitative estimate of drug-likeness (QED) is 0.296. The van der Waals surface area contributed by atoms with Crippen LogP contribution in [0.3, 0.4) is 0 Å². The molecule has 0 radical (unpaired) electrons. The lowest BCUT2D eigenvalue weighted by molar-refractivity contribution is 0.162. The molecule has 0 rings (SSSR count). The molecule has 0 aromatic heterocycles. The summed E-state index contributed by atoms with van der Waals surface area (Å²) in [6, 6.07) is 0. The first kappa shape index (κ1) is 16.3. The fraction of sp³-hybridized carbons (Fsp3) is 0.455. The van der Waals surface area contributed by atoms with Crippen LogP contribution >= 0.6 is 20.8 Å². The van der Waals surface area contributed by atoms with Crippen LogP contribution in [-0.2, 0) is 4.74 Å². The molecule has 0 amide bonds. The summed E-state index contributed by atoms with van der Waals surface area (Å²) in [6.07, 6.45) is 3.89. The Hall–Kier alpha value is -0.100. The third-order valence-electron chi connectivity index (χ3n) is 1.22. The standard InChI is InChI=1S/C9H16ClOP.C2H4/c1-3-4-8(2)6-11-7-9(12)5-10;1-2/h3-4,9H,2,5-7,12H2,1H3;1-2H2/b4-3-;. The van der Waals surface area contributed by atoms with Gasteiger partial charge in [0, 0.05) is 11.5 Å². The molecular formula is C11H20ClOP. The van der Waals surface area contributed by atoms with Crippen molar-refractivity contribution >= 4 is 20.8 Å². The summed E-state index contributed by atoms with van der Waals surface area (Å²) < 4.78 is 5.34. The third kappa shape index (κ3) is 11.9. The summed E-state index contributed by atoms with van der Waals surface area (Å²) in [5, 5.41) is 0. The number of halogens is 1. The van der Waals surface area contributed by atoms with Crippen molar-refractivity contribution in [2.75, 3.05) is 19.1 Å². The van der Waals surface area contributed by atoms with Crippen LogP contribution < -0.4 is 0 Å². The van der Waals surface area contributed by atoms with Crippen molar-refractivity contribution in [1.82, 2.24) is 0 Å². The minimum absolute atomic E-state index is 0.338. The predicted octanol–water partition coefficient (Wildman–Crippen LogP) is 3.42. The maximum Gasteiger partial charge on any atom is 0.0711 e. The molecule has 0 bridgehead atoms. The van der Waals surface area contributed by atoms with Crippen LogP contribution in [0.2, 0.25) is 0 Å². The highest BCUT2D eigenvalue weighted by molar-refractivity contribution is 7.17. The Bertz CT molecular complexity index is 169. The van der Waals surface area contributed by atoms with E-state index in [0.29, 0.717) is 24.8 Å². The minimum atomic E-state index is 0.338. The molecule has 3 heteroatoms. The van der Waals surface area contributed by atoms with E-state index in [1.54, 1.807) is 0 Å². The summed E-state index contributed by atoms with van der Waals surface area (Å²) in [7, 11) is 2.64. The van der Waals surface area contributed by atoms with Crippen molar-refractivity contribution in [2.24, 2.45) is 0 Å². The SMILES string of the molecule is C=C.C=C(/C=C\C)COCC(P)CCl. The molecule has 0 heterocycles. The zero-order chi connectivity index (χ0) is 11.4. The minimum Gasteiger partial charge on any atom is -0.376 e. The van der Waals surface area contributed by atoms with Crippen LogP contribution in [0.1, 0.15) is 6.92 Å². The molecule has 2 unspecified atom stereocenters. The highest BCUT2D eigenvalue weighted by atomic mass is 35.5. The third-order valence-corrected chi connectivity index (χ3v) is 2.34. The van der Waals surface area contributed by atoms with E-state index in [4.69, 9.17) is 16.3 Å². The van der Waals surface area contributed by atoms with Crippen molar-refractivity contribution in [3.8, 4) is 0 Å². The normalized spacial score (nSPS) is 11.9. The fourth-order valence-corrected chi connectivity index (χ4v) is 0.895. The van der Waals surface area contributed by atoms with Gasteiger partial charge < -0.3 is 4.74 Å². The molecule has 0 aliphatic rings. The van der Waals surface area contributed by atoms with Gasteiger partial charge in [0.05, 0.1) is 13.2 Å². The van der Waals surface area contributed by atoms with Gasteiger partial charge in [-0.15, -0.1) is 34.0 Å². The largest absolute Gasteiger partial charge is 0.376 e. The van der Waals surface area contributed by atoms with E-state index in [1.165, 1.54) is 0 Å². The van der Waals surface area contributed by atoms with E-state index in [-0.39, 0.29) is 0 Å². The monoisotopic (exact) mass is 234 g/mol. The smallest absolute Gasteiger partial charge is 0.0711 e.